The van der Waals surface area contributed by atoms with Crippen molar-refractivity contribution in [1.29, 1.82) is 0 Å². The smallest absolute Gasteiger partial charge is 0.261 e. The van der Waals surface area contributed by atoms with Gasteiger partial charge in [-0.1, -0.05) is 18.2 Å². The zero-order chi connectivity index (χ0) is 13.8. The highest BCUT2D eigenvalue weighted by molar-refractivity contribution is 7.99. The maximum Gasteiger partial charge on any atom is 0.261 e. The lowest BCUT2D eigenvalue weighted by molar-refractivity contribution is 0.0960. The summed E-state index contributed by atoms with van der Waals surface area (Å²) in [6.07, 6.45) is 0. The third kappa shape index (κ3) is 3.31. The summed E-state index contributed by atoms with van der Waals surface area (Å²) in [5.74, 6) is 0.903. The van der Waals surface area contributed by atoms with Crippen molar-refractivity contribution in [3.63, 3.8) is 0 Å². The molecule has 0 radical (unpaired) electrons. The van der Waals surface area contributed by atoms with E-state index in [4.69, 9.17) is 0 Å². The van der Waals surface area contributed by atoms with Gasteiger partial charge in [0.2, 0.25) is 0 Å². The number of hydrogen-bond donors (Lipinski definition) is 4. The molecule has 106 valence electrons. The molecule has 1 atom stereocenters. The molecule has 1 aromatic carbocycles. The van der Waals surface area contributed by atoms with Crippen LogP contribution >= 0.6 is 23.1 Å². The fraction of sp³-hybridized carbons (Fsp3) is 0.308. The molecular formula is C13H16N4OS2. The van der Waals surface area contributed by atoms with Gasteiger partial charge in [0.1, 0.15) is 0 Å². The molecule has 20 heavy (non-hydrogen) atoms. The largest absolute Gasteiger partial charge is 0.351 e. The van der Waals surface area contributed by atoms with Crippen LogP contribution in [0.5, 0.6) is 0 Å². The number of hydrazine groups is 2. The number of hydrogen-bond acceptors (Lipinski definition) is 6. The summed E-state index contributed by atoms with van der Waals surface area (Å²) < 4.78 is 1.15. The minimum atomic E-state index is 0.0161. The number of carbonyl (C=O) groups is 1. The van der Waals surface area contributed by atoms with E-state index < -0.39 is 0 Å². The van der Waals surface area contributed by atoms with Crippen LogP contribution in [0.3, 0.4) is 0 Å². The lowest BCUT2D eigenvalue weighted by atomic mass is 10.2. The Morgan fingerprint density at radius 3 is 3.15 bits per heavy atom. The van der Waals surface area contributed by atoms with Gasteiger partial charge in [-0.3, -0.25) is 4.79 Å². The molecule has 7 heteroatoms. The lowest BCUT2D eigenvalue weighted by Gasteiger charge is -2.08. The number of rotatable bonds is 5. The molecule has 1 unspecified atom stereocenters. The molecule has 1 saturated heterocycles. The van der Waals surface area contributed by atoms with Gasteiger partial charge in [0.25, 0.3) is 5.91 Å². The highest BCUT2D eigenvalue weighted by Crippen LogP contribution is 2.24. The van der Waals surface area contributed by atoms with Crippen molar-refractivity contribution in [1.82, 2.24) is 21.7 Å². The molecule has 0 aliphatic carbocycles. The van der Waals surface area contributed by atoms with Crippen LogP contribution in [-0.2, 0) is 0 Å². The van der Waals surface area contributed by atoms with Crippen molar-refractivity contribution in [3.05, 3.63) is 35.2 Å². The van der Waals surface area contributed by atoms with Crippen molar-refractivity contribution in [2.45, 2.75) is 5.37 Å². The molecule has 1 aliphatic heterocycles. The summed E-state index contributed by atoms with van der Waals surface area (Å²) in [7, 11) is 0. The molecule has 2 aromatic rings. The van der Waals surface area contributed by atoms with Crippen LogP contribution in [0.4, 0.5) is 0 Å². The second-order valence-electron chi connectivity index (χ2n) is 4.41. The molecule has 1 aromatic heterocycles. The Hall–Kier alpha value is -1.12. The number of nitrogens with one attached hydrogen (secondary N) is 4. The Kier molecular flexibility index (Phi) is 4.54. The van der Waals surface area contributed by atoms with Crippen molar-refractivity contribution >= 4 is 39.1 Å². The van der Waals surface area contributed by atoms with Crippen molar-refractivity contribution in [2.24, 2.45) is 0 Å². The number of benzene rings is 1. The molecule has 0 saturated carbocycles. The fourth-order valence-corrected chi connectivity index (χ4v) is 3.80. The third-order valence-electron chi connectivity index (χ3n) is 2.96. The zero-order valence-electron chi connectivity index (χ0n) is 10.8. The summed E-state index contributed by atoms with van der Waals surface area (Å²) in [6.45, 7) is 1.56. The second-order valence-corrected chi connectivity index (χ2v) is 6.81. The number of fused-ring (bicyclic) bond motifs is 1. The van der Waals surface area contributed by atoms with Crippen LogP contribution in [0.2, 0.25) is 0 Å². The average molecular weight is 308 g/mol. The Morgan fingerprint density at radius 2 is 2.35 bits per heavy atom. The average Bonchev–Trinajstić information content (AvgIpc) is 3.12. The summed E-state index contributed by atoms with van der Waals surface area (Å²) in [4.78, 5) is 12.8. The number of amides is 1. The van der Waals surface area contributed by atoms with Gasteiger partial charge in [-0.15, -0.1) is 23.1 Å². The van der Waals surface area contributed by atoms with E-state index in [0.717, 1.165) is 27.3 Å². The van der Waals surface area contributed by atoms with Crippen LogP contribution in [0.15, 0.2) is 30.3 Å². The van der Waals surface area contributed by atoms with Crippen molar-refractivity contribution < 1.29 is 4.79 Å². The van der Waals surface area contributed by atoms with Crippen molar-refractivity contribution in [3.8, 4) is 0 Å². The quantitative estimate of drug-likeness (QED) is 0.627. The summed E-state index contributed by atoms with van der Waals surface area (Å²) in [6, 6.07) is 10.0. The summed E-state index contributed by atoms with van der Waals surface area (Å²) >= 11 is 3.32. The fourth-order valence-electron chi connectivity index (χ4n) is 1.97. The van der Waals surface area contributed by atoms with Crippen LogP contribution in [0.25, 0.3) is 10.1 Å². The van der Waals surface area contributed by atoms with Gasteiger partial charge in [0, 0.05) is 23.5 Å². The van der Waals surface area contributed by atoms with Gasteiger partial charge in [0.15, 0.2) is 0 Å². The van der Waals surface area contributed by atoms with Crippen LogP contribution in [0, 0.1) is 0 Å². The maximum atomic E-state index is 12.1. The highest BCUT2D eigenvalue weighted by atomic mass is 32.2. The highest BCUT2D eigenvalue weighted by Gasteiger charge is 2.13. The number of carbonyl (C=O) groups excluding carboxylic acids is 1. The van der Waals surface area contributed by atoms with Crippen LogP contribution in [0.1, 0.15) is 9.67 Å². The molecule has 4 N–H and O–H groups in total. The first-order valence-corrected chi connectivity index (χ1v) is 8.31. The topological polar surface area (TPSA) is 65.2 Å². The van der Waals surface area contributed by atoms with E-state index >= 15 is 0 Å². The van der Waals surface area contributed by atoms with E-state index in [2.05, 4.69) is 21.7 Å². The summed E-state index contributed by atoms with van der Waals surface area (Å²) in [5, 5.41) is 4.45. The molecule has 2 heterocycles. The Bertz CT molecular complexity index is 562. The van der Waals surface area contributed by atoms with E-state index in [9.17, 15) is 4.79 Å². The minimum Gasteiger partial charge on any atom is -0.351 e. The Labute approximate surface area is 125 Å². The predicted octanol–water partition coefficient (Wildman–Crippen LogP) is 1.30. The maximum absolute atomic E-state index is 12.1. The first-order valence-electron chi connectivity index (χ1n) is 6.45. The van der Waals surface area contributed by atoms with Gasteiger partial charge in [0.05, 0.1) is 10.3 Å². The molecule has 5 nitrogen and oxygen atoms in total. The molecule has 3 rings (SSSR count). The predicted molar refractivity (Wildman–Crippen MR) is 84.7 cm³/mol. The molecule has 0 spiro atoms. The normalized spacial score (nSPS) is 18.5. The van der Waals surface area contributed by atoms with E-state index in [-0.39, 0.29) is 5.91 Å². The van der Waals surface area contributed by atoms with E-state index in [1.54, 1.807) is 11.8 Å². The van der Waals surface area contributed by atoms with Crippen LogP contribution in [-0.4, -0.2) is 30.1 Å². The first kappa shape index (κ1) is 13.8. The van der Waals surface area contributed by atoms with Gasteiger partial charge >= 0.3 is 0 Å². The van der Waals surface area contributed by atoms with Gasteiger partial charge in [-0.2, -0.15) is 5.53 Å². The monoisotopic (exact) mass is 308 g/mol. The number of thiophene rings is 1. The zero-order valence-corrected chi connectivity index (χ0v) is 12.4. The standard InChI is InChI=1S/C13H16N4OS2/c18-13(14-5-6-19-12-8-15-17-16-12)11-7-9-3-1-2-4-10(9)20-11/h1-4,7,12,15-17H,5-6,8H2,(H,14,18). The van der Waals surface area contributed by atoms with E-state index in [1.165, 1.54) is 11.3 Å². The Morgan fingerprint density at radius 1 is 1.45 bits per heavy atom. The van der Waals surface area contributed by atoms with Gasteiger partial charge in [-0.05, 0) is 17.5 Å². The van der Waals surface area contributed by atoms with Gasteiger partial charge < -0.3 is 5.32 Å². The second kappa shape index (κ2) is 6.55. The first-order chi connectivity index (χ1) is 9.83. The van der Waals surface area contributed by atoms with E-state index in [1.807, 2.05) is 30.3 Å². The number of thioether (sulfide) groups is 1. The molecule has 0 bridgehead atoms. The molecule has 1 amide bonds. The molecule has 1 aliphatic rings. The molecular weight excluding hydrogens is 292 g/mol. The van der Waals surface area contributed by atoms with Crippen LogP contribution < -0.4 is 21.7 Å². The molecule has 1 fully saturated rings. The third-order valence-corrected chi connectivity index (χ3v) is 5.21. The SMILES string of the molecule is O=C(NCCSC1CNNN1)c1cc2ccccc2s1. The minimum absolute atomic E-state index is 0.0161. The van der Waals surface area contributed by atoms with Crippen molar-refractivity contribution in [2.75, 3.05) is 18.8 Å². The van der Waals surface area contributed by atoms with E-state index in [0.29, 0.717) is 11.9 Å². The summed E-state index contributed by atoms with van der Waals surface area (Å²) in [5.41, 5.74) is 8.94. The van der Waals surface area contributed by atoms with Gasteiger partial charge in [-0.25, -0.2) is 10.9 Å². The lowest BCUT2D eigenvalue weighted by Crippen LogP contribution is -2.32. The Balaban J connectivity index is 1.48.